The van der Waals surface area contributed by atoms with Gasteiger partial charge in [0.05, 0.1) is 17.1 Å². The molecule has 4 nitrogen and oxygen atoms in total. The minimum atomic E-state index is -0.990. The van der Waals surface area contributed by atoms with E-state index in [0.29, 0.717) is 10.6 Å². The molecule has 0 saturated carbocycles. The quantitative estimate of drug-likeness (QED) is 0.544. The van der Waals surface area contributed by atoms with Crippen LogP contribution in [-0.4, -0.2) is 21.3 Å². The summed E-state index contributed by atoms with van der Waals surface area (Å²) < 4.78 is 0. The van der Waals surface area contributed by atoms with E-state index < -0.39 is 5.97 Å². The molecular weight excluding hydrogens is 168 g/mol. The molecule has 0 saturated heterocycles. The number of rotatable bonds is 1. The molecule has 0 atom stereocenters. The standard InChI is InChI=1S/C9H8N2O2/c1-3-4-7-5-10-11-8(7)6(2)9(12)13/h1,4-5,11H,2H3,(H,12,13)/b7-4-,8-6-. The highest BCUT2D eigenvalue weighted by Crippen LogP contribution is 1.85. The van der Waals surface area contributed by atoms with Gasteiger partial charge >= 0.3 is 5.97 Å². The number of nitrogens with one attached hydrogen (secondary N) is 1. The summed E-state index contributed by atoms with van der Waals surface area (Å²) in [7, 11) is 0. The fourth-order valence-electron chi connectivity index (χ4n) is 0.902. The molecule has 0 spiro atoms. The third kappa shape index (κ3) is 1.76. The molecule has 0 radical (unpaired) electrons. The van der Waals surface area contributed by atoms with Crippen LogP contribution in [0, 0.1) is 12.3 Å². The molecule has 1 heterocycles. The van der Waals surface area contributed by atoms with Crippen LogP contribution < -0.4 is 10.6 Å². The van der Waals surface area contributed by atoms with Gasteiger partial charge in [0, 0.05) is 5.22 Å². The molecule has 4 heteroatoms. The number of carbonyl (C=O) groups is 1. The second-order valence-corrected chi connectivity index (χ2v) is 2.44. The number of hydrogen-bond donors (Lipinski definition) is 2. The minimum absolute atomic E-state index is 0.194. The number of carboxylic acid groups (broad SMARTS) is 1. The third-order valence-electron chi connectivity index (χ3n) is 1.60. The summed E-state index contributed by atoms with van der Waals surface area (Å²) >= 11 is 0. The number of aromatic nitrogens is 2. The van der Waals surface area contributed by atoms with Gasteiger partial charge in [-0.2, -0.15) is 5.10 Å². The van der Waals surface area contributed by atoms with Crippen LogP contribution >= 0.6 is 0 Å². The highest BCUT2D eigenvalue weighted by Gasteiger charge is 2.02. The Kier molecular flexibility index (Phi) is 2.50. The Morgan fingerprint density at radius 3 is 3.08 bits per heavy atom. The predicted molar refractivity (Wildman–Crippen MR) is 47.9 cm³/mol. The van der Waals surface area contributed by atoms with Crippen molar-refractivity contribution in [3.05, 3.63) is 16.8 Å². The maximum atomic E-state index is 10.6. The van der Waals surface area contributed by atoms with E-state index in [-0.39, 0.29) is 5.57 Å². The monoisotopic (exact) mass is 176 g/mol. The second kappa shape index (κ2) is 3.59. The normalized spacial score (nSPS) is 13.7. The fourth-order valence-corrected chi connectivity index (χ4v) is 0.902. The molecule has 66 valence electrons. The van der Waals surface area contributed by atoms with E-state index in [1.807, 2.05) is 0 Å². The molecule has 2 N–H and O–H groups in total. The molecular formula is C9H8N2O2. The van der Waals surface area contributed by atoms with Crippen molar-refractivity contribution in [2.45, 2.75) is 6.92 Å². The number of terminal acetylenes is 1. The smallest absolute Gasteiger partial charge is 0.333 e. The number of nitrogens with zero attached hydrogens (tertiary/aromatic N) is 1. The van der Waals surface area contributed by atoms with E-state index in [0.717, 1.165) is 0 Å². The van der Waals surface area contributed by atoms with E-state index in [2.05, 4.69) is 16.1 Å². The average Bonchev–Trinajstić information content (AvgIpc) is 2.52. The molecule has 0 unspecified atom stereocenters. The fraction of sp³-hybridized carbons (Fsp3) is 0.111. The van der Waals surface area contributed by atoms with E-state index in [1.165, 1.54) is 19.2 Å². The van der Waals surface area contributed by atoms with Crippen LogP contribution in [0.25, 0.3) is 11.6 Å². The molecule has 0 bridgehead atoms. The van der Waals surface area contributed by atoms with Crippen molar-refractivity contribution in [1.82, 2.24) is 10.2 Å². The maximum Gasteiger partial charge on any atom is 0.333 e. The van der Waals surface area contributed by atoms with Crippen LogP contribution in [0.5, 0.6) is 0 Å². The Balaban J connectivity index is 3.58. The van der Waals surface area contributed by atoms with Crippen LogP contribution in [0.15, 0.2) is 6.20 Å². The highest BCUT2D eigenvalue weighted by molar-refractivity contribution is 6.07. The van der Waals surface area contributed by atoms with Crippen LogP contribution in [-0.2, 0) is 4.79 Å². The zero-order chi connectivity index (χ0) is 9.84. The summed E-state index contributed by atoms with van der Waals surface area (Å²) in [5.74, 6) is 1.32. The van der Waals surface area contributed by atoms with Crippen molar-refractivity contribution in [3.63, 3.8) is 0 Å². The van der Waals surface area contributed by atoms with Crippen LogP contribution in [0.2, 0.25) is 0 Å². The lowest BCUT2D eigenvalue weighted by Gasteiger charge is -1.87. The van der Waals surface area contributed by atoms with Crippen molar-refractivity contribution in [1.29, 1.82) is 0 Å². The average molecular weight is 176 g/mol. The third-order valence-corrected chi connectivity index (χ3v) is 1.60. The Morgan fingerprint density at radius 2 is 2.54 bits per heavy atom. The first kappa shape index (κ1) is 9.07. The zero-order valence-electron chi connectivity index (χ0n) is 7.03. The van der Waals surface area contributed by atoms with Crippen molar-refractivity contribution >= 4 is 17.6 Å². The Hall–Kier alpha value is -2.02. The lowest BCUT2D eigenvalue weighted by Crippen LogP contribution is -2.27. The first-order valence-corrected chi connectivity index (χ1v) is 3.56. The lowest BCUT2D eigenvalue weighted by atomic mass is 10.2. The van der Waals surface area contributed by atoms with Gasteiger partial charge in [-0.15, -0.1) is 6.42 Å². The zero-order valence-corrected chi connectivity index (χ0v) is 7.03. The molecule has 0 amide bonds. The van der Waals surface area contributed by atoms with Crippen molar-refractivity contribution in [2.24, 2.45) is 0 Å². The highest BCUT2D eigenvalue weighted by atomic mass is 16.4. The van der Waals surface area contributed by atoms with Crippen LogP contribution in [0.3, 0.4) is 0 Å². The van der Waals surface area contributed by atoms with E-state index in [1.54, 1.807) is 0 Å². The van der Waals surface area contributed by atoms with Gasteiger partial charge in [0.15, 0.2) is 0 Å². The lowest BCUT2D eigenvalue weighted by molar-refractivity contribution is -0.130. The Morgan fingerprint density at radius 1 is 1.85 bits per heavy atom. The second-order valence-electron chi connectivity index (χ2n) is 2.44. The maximum absolute atomic E-state index is 10.6. The molecule has 0 aliphatic rings. The van der Waals surface area contributed by atoms with Crippen molar-refractivity contribution in [3.8, 4) is 12.3 Å². The molecule has 0 aliphatic carbocycles. The number of H-pyrrole nitrogens is 1. The van der Waals surface area contributed by atoms with E-state index >= 15 is 0 Å². The minimum Gasteiger partial charge on any atom is -0.478 e. The molecule has 0 fully saturated rings. The Labute approximate surface area is 74.6 Å². The largest absolute Gasteiger partial charge is 0.478 e. The van der Waals surface area contributed by atoms with Gasteiger partial charge in [-0.1, -0.05) is 5.92 Å². The van der Waals surface area contributed by atoms with Crippen molar-refractivity contribution in [2.75, 3.05) is 0 Å². The summed E-state index contributed by atoms with van der Waals surface area (Å²) in [4.78, 5) is 10.6. The van der Waals surface area contributed by atoms with Crippen LogP contribution in [0.4, 0.5) is 0 Å². The van der Waals surface area contributed by atoms with Gasteiger partial charge < -0.3 is 5.11 Å². The molecule has 1 aromatic rings. The molecule has 13 heavy (non-hydrogen) atoms. The van der Waals surface area contributed by atoms with Gasteiger partial charge in [-0.3, -0.25) is 5.10 Å². The number of aliphatic carboxylic acids is 1. The number of hydrogen-bond acceptors (Lipinski definition) is 2. The van der Waals surface area contributed by atoms with Gasteiger partial charge in [-0.05, 0) is 13.0 Å². The van der Waals surface area contributed by atoms with Crippen molar-refractivity contribution < 1.29 is 9.90 Å². The SMILES string of the molecule is C#C/C=c1/cn[nH]/c1=C(/C)C(=O)O. The molecule has 1 aromatic heterocycles. The first-order chi connectivity index (χ1) is 6.16. The molecule has 0 aromatic carbocycles. The van der Waals surface area contributed by atoms with Gasteiger partial charge in [-0.25, -0.2) is 4.79 Å². The predicted octanol–water partition coefficient (Wildman–Crippen LogP) is -0.921. The van der Waals surface area contributed by atoms with Gasteiger partial charge in [0.2, 0.25) is 0 Å². The first-order valence-electron chi connectivity index (χ1n) is 3.56. The van der Waals surface area contributed by atoms with Gasteiger partial charge in [0.25, 0.3) is 0 Å². The summed E-state index contributed by atoms with van der Waals surface area (Å²) in [6.45, 7) is 1.49. The molecule has 0 aliphatic heterocycles. The van der Waals surface area contributed by atoms with E-state index in [9.17, 15) is 4.79 Å². The van der Waals surface area contributed by atoms with E-state index in [4.69, 9.17) is 11.5 Å². The Bertz CT molecular complexity index is 476. The number of carboxylic acids is 1. The van der Waals surface area contributed by atoms with Gasteiger partial charge in [0.1, 0.15) is 0 Å². The summed E-state index contributed by atoms with van der Waals surface area (Å²) in [5, 5.41) is 16.0. The summed E-state index contributed by atoms with van der Waals surface area (Å²) in [5.41, 5.74) is 0.194. The number of aromatic amines is 1. The topological polar surface area (TPSA) is 66.0 Å². The van der Waals surface area contributed by atoms with Crippen LogP contribution in [0.1, 0.15) is 6.92 Å². The summed E-state index contributed by atoms with van der Waals surface area (Å²) in [6.07, 6.45) is 8.01. The summed E-state index contributed by atoms with van der Waals surface area (Å²) in [6, 6.07) is 0. The molecule has 1 rings (SSSR count).